The Bertz CT molecular complexity index is 852. The largest absolute Gasteiger partial charge is 0.325 e. The lowest BCUT2D eigenvalue weighted by atomic mass is 10.1. The maximum absolute atomic E-state index is 12.8. The van der Waals surface area contributed by atoms with Crippen LogP contribution >= 0.6 is 0 Å². The van der Waals surface area contributed by atoms with Crippen LogP contribution in [-0.2, 0) is 4.79 Å². The molecular weight excluding hydrogens is 314 g/mol. The van der Waals surface area contributed by atoms with E-state index in [2.05, 4.69) is 0 Å². The van der Waals surface area contributed by atoms with Gasteiger partial charge in [-0.25, -0.2) is 0 Å². The normalized spacial score (nSPS) is 17.3. The number of nitriles is 1. The third kappa shape index (κ3) is 3.38. The fourth-order valence-electron chi connectivity index (χ4n) is 2.99. The Morgan fingerprint density at radius 1 is 1.20 bits per heavy atom. The fourth-order valence-corrected chi connectivity index (χ4v) is 2.99. The van der Waals surface area contributed by atoms with Crippen LogP contribution in [0.2, 0.25) is 0 Å². The zero-order valence-electron chi connectivity index (χ0n) is 14.3. The van der Waals surface area contributed by atoms with Crippen molar-refractivity contribution in [1.82, 2.24) is 4.90 Å². The molecule has 25 heavy (non-hydrogen) atoms. The molecule has 1 atom stereocenters. The highest BCUT2D eigenvalue weighted by Gasteiger charge is 2.33. The molecule has 2 amide bonds. The van der Waals surface area contributed by atoms with Crippen LogP contribution < -0.4 is 4.90 Å². The van der Waals surface area contributed by atoms with Gasteiger partial charge in [0.2, 0.25) is 5.91 Å². The fraction of sp³-hybridized carbons (Fsp3) is 0.250. The van der Waals surface area contributed by atoms with Crippen LogP contribution in [-0.4, -0.2) is 35.8 Å². The Labute approximate surface area is 147 Å². The van der Waals surface area contributed by atoms with Gasteiger partial charge in [0, 0.05) is 23.8 Å². The standard InChI is InChI=1S/C20H19N3O2/c1-14-6-8-18(9-7-14)23-12-15(2)22(13-19(23)24)20(25)17-5-3-4-16(10-17)11-21/h3-10,15H,12-13H2,1-2H3/t15-/m1/s1. The third-order valence-corrected chi connectivity index (χ3v) is 4.43. The summed E-state index contributed by atoms with van der Waals surface area (Å²) in [5.74, 6) is -0.326. The lowest BCUT2D eigenvalue weighted by Crippen LogP contribution is -2.57. The van der Waals surface area contributed by atoms with Crippen LogP contribution in [0.1, 0.15) is 28.4 Å². The SMILES string of the molecule is Cc1ccc(N2C[C@@H](C)N(C(=O)c3cccc(C#N)c3)CC2=O)cc1. The Balaban J connectivity index is 1.80. The Morgan fingerprint density at radius 3 is 2.60 bits per heavy atom. The molecular formula is C20H19N3O2. The van der Waals surface area contributed by atoms with Gasteiger partial charge in [-0.2, -0.15) is 5.26 Å². The number of rotatable bonds is 2. The van der Waals surface area contributed by atoms with Crippen molar-refractivity contribution in [3.05, 3.63) is 65.2 Å². The molecule has 1 heterocycles. The summed E-state index contributed by atoms with van der Waals surface area (Å²) in [6.45, 7) is 4.41. The average Bonchev–Trinajstić information content (AvgIpc) is 2.63. The molecule has 1 fully saturated rings. The minimum absolute atomic E-state index is 0.0324. The summed E-state index contributed by atoms with van der Waals surface area (Å²) in [5, 5.41) is 8.99. The molecule has 0 aromatic heterocycles. The van der Waals surface area contributed by atoms with E-state index in [9.17, 15) is 9.59 Å². The van der Waals surface area contributed by atoms with Crippen molar-refractivity contribution in [1.29, 1.82) is 5.26 Å². The number of nitrogens with zero attached hydrogens (tertiary/aromatic N) is 3. The van der Waals surface area contributed by atoms with E-state index in [1.165, 1.54) is 0 Å². The molecule has 1 saturated heterocycles. The van der Waals surface area contributed by atoms with Crippen LogP contribution in [0, 0.1) is 18.3 Å². The van der Waals surface area contributed by atoms with Gasteiger partial charge < -0.3 is 9.80 Å². The van der Waals surface area contributed by atoms with Crippen molar-refractivity contribution in [3.8, 4) is 6.07 Å². The van der Waals surface area contributed by atoms with E-state index < -0.39 is 0 Å². The second-order valence-corrected chi connectivity index (χ2v) is 6.31. The van der Waals surface area contributed by atoms with Gasteiger partial charge in [-0.15, -0.1) is 0 Å². The van der Waals surface area contributed by atoms with Crippen LogP contribution in [0.4, 0.5) is 5.69 Å². The number of carbonyl (C=O) groups excluding carboxylic acids is 2. The molecule has 0 saturated carbocycles. The van der Waals surface area contributed by atoms with Gasteiger partial charge in [-0.3, -0.25) is 9.59 Å². The van der Waals surface area contributed by atoms with E-state index in [0.717, 1.165) is 11.3 Å². The summed E-state index contributed by atoms with van der Waals surface area (Å²) in [4.78, 5) is 28.6. The van der Waals surface area contributed by atoms with Gasteiger partial charge in [-0.05, 0) is 44.2 Å². The van der Waals surface area contributed by atoms with E-state index in [1.54, 1.807) is 34.1 Å². The topological polar surface area (TPSA) is 64.4 Å². The van der Waals surface area contributed by atoms with Crippen molar-refractivity contribution in [2.45, 2.75) is 19.9 Å². The molecule has 126 valence electrons. The van der Waals surface area contributed by atoms with E-state index in [0.29, 0.717) is 17.7 Å². The summed E-state index contributed by atoms with van der Waals surface area (Å²) in [7, 11) is 0. The maximum Gasteiger partial charge on any atom is 0.254 e. The molecule has 2 aromatic carbocycles. The molecule has 0 bridgehead atoms. The first kappa shape index (κ1) is 16.7. The zero-order chi connectivity index (χ0) is 18.0. The summed E-state index contributed by atoms with van der Waals surface area (Å²) in [6.07, 6.45) is 0. The monoisotopic (exact) mass is 333 g/mol. The number of hydrogen-bond donors (Lipinski definition) is 0. The highest BCUT2D eigenvalue weighted by atomic mass is 16.2. The number of anilines is 1. The summed E-state index contributed by atoms with van der Waals surface area (Å²) in [6, 6.07) is 16.3. The molecule has 5 heteroatoms. The predicted octanol–water partition coefficient (Wildman–Crippen LogP) is 2.74. The molecule has 2 aromatic rings. The molecule has 1 aliphatic rings. The van der Waals surface area contributed by atoms with Gasteiger partial charge in [0.05, 0.1) is 11.6 Å². The zero-order valence-corrected chi connectivity index (χ0v) is 14.3. The highest BCUT2D eigenvalue weighted by molar-refractivity contribution is 6.02. The predicted molar refractivity (Wildman–Crippen MR) is 95.2 cm³/mol. The molecule has 5 nitrogen and oxygen atoms in total. The van der Waals surface area contributed by atoms with Crippen molar-refractivity contribution in [2.24, 2.45) is 0 Å². The van der Waals surface area contributed by atoms with E-state index in [1.807, 2.05) is 44.2 Å². The smallest absolute Gasteiger partial charge is 0.254 e. The van der Waals surface area contributed by atoms with E-state index in [4.69, 9.17) is 5.26 Å². The number of carbonyl (C=O) groups is 2. The van der Waals surface area contributed by atoms with Crippen LogP contribution in [0.25, 0.3) is 0 Å². The second-order valence-electron chi connectivity index (χ2n) is 6.31. The number of hydrogen-bond acceptors (Lipinski definition) is 3. The van der Waals surface area contributed by atoms with Crippen molar-refractivity contribution < 1.29 is 9.59 Å². The van der Waals surface area contributed by atoms with Crippen molar-refractivity contribution >= 4 is 17.5 Å². The van der Waals surface area contributed by atoms with Crippen LogP contribution in [0.5, 0.6) is 0 Å². The molecule has 0 N–H and O–H groups in total. The molecule has 0 spiro atoms. The first-order chi connectivity index (χ1) is 12.0. The van der Waals surface area contributed by atoms with E-state index in [-0.39, 0.29) is 24.4 Å². The van der Waals surface area contributed by atoms with Gasteiger partial charge in [0.25, 0.3) is 5.91 Å². The van der Waals surface area contributed by atoms with Gasteiger partial charge in [0.1, 0.15) is 6.54 Å². The summed E-state index contributed by atoms with van der Waals surface area (Å²) < 4.78 is 0. The summed E-state index contributed by atoms with van der Waals surface area (Å²) >= 11 is 0. The first-order valence-electron chi connectivity index (χ1n) is 8.18. The Hall–Kier alpha value is -3.13. The quantitative estimate of drug-likeness (QED) is 0.849. The Kier molecular flexibility index (Phi) is 4.53. The van der Waals surface area contributed by atoms with Crippen LogP contribution in [0.3, 0.4) is 0 Å². The molecule has 0 radical (unpaired) electrons. The molecule has 1 aliphatic heterocycles. The number of amides is 2. The number of aryl methyl sites for hydroxylation is 1. The third-order valence-electron chi connectivity index (χ3n) is 4.43. The lowest BCUT2D eigenvalue weighted by molar-refractivity contribution is -0.121. The van der Waals surface area contributed by atoms with E-state index >= 15 is 0 Å². The number of benzene rings is 2. The van der Waals surface area contributed by atoms with Crippen molar-refractivity contribution in [3.63, 3.8) is 0 Å². The minimum Gasteiger partial charge on any atom is -0.325 e. The van der Waals surface area contributed by atoms with Crippen molar-refractivity contribution in [2.75, 3.05) is 18.0 Å². The lowest BCUT2D eigenvalue weighted by Gasteiger charge is -2.39. The maximum atomic E-state index is 12.8. The van der Waals surface area contributed by atoms with Gasteiger partial charge in [-0.1, -0.05) is 23.8 Å². The molecule has 0 aliphatic carbocycles. The molecule has 0 unspecified atom stereocenters. The van der Waals surface area contributed by atoms with Gasteiger partial charge in [0.15, 0.2) is 0 Å². The van der Waals surface area contributed by atoms with Gasteiger partial charge >= 0.3 is 0 Å². The summed E-state index contributed by atoms with van der Waals surface area (Å²) in [5.41, 5.74) is 2.85. The minimum atomic E-state index is -0.221. The molecule has 3 rings (SSSR count). The average molecular weight is 333 g/mol. The first-order valence-corrected chi connectivity index (χ1v) is 8.18. The van der Waals surface area contributed by atoms with Crippen LogP contribution in [0.15, 0.2) is 48.5 Å². The Morgan fingerprint density at radius 2 is 1.92 bits per heavy atom. The highest BCUT2D eigenvalue weighted by Crippen LogP contribution is 2.22. The second kappa shape index (κ2) is 6.78. The number of piperazine rings is 1.